The molecule has 2 aliphatic rings. The van der Waals surface area contributed by atoms with Crippen LogP contribution in [-0.2, 0) is 4.74 Å². The van der Waals surface area contributed by atoms with E-state index in [1.165, 1.54) is 12.8 Å². The lowest BCUT2D eigenvalue weighted by atomic mass is 9.95. The average molecular weight is 291 g/mol. The van der Waals surface area contributed by atoms with E-state index in [0.29, 0.717) is 12.1 Å². The van der Waals surface area contributed by atoms with Crippen molar-refractivity contribution in [3.63, 3.8) is 0 Å². The fourth-order valence-electron chi connectivity index (χ4n) is 2.96. The summed E-state index contributed by atoms with van der Waals surface area (Å²) in [4.78, 5) is 14.3. The third-order valence-corrected chi connectivity index (χ3v) is 3.74. The third kappa shape index (κ3) is 4.53. The molecule has 0 aliphatic carbocycles. The summed E-state index contributed by atoms with van der Waals surface area (Å²) in [5, 5.41) is 3.56. The van der Waals surface area contributed by atoms with Gasteiger partial charge < -0.3 is 15.0 Å². The Hall–Kier alpha value is -0.480. The summed E-state index contributed by atoms with van der Waals surface area (Å²) in [5.41, 5.74) is -0.402. The molecule has 0 unspecified atom stereocenters. The Morgan fingerprint density at radius 3 is 2.63 bits per heavy atom. The van der Waals surface area contributed by atoms with E-state index in [9.17, 15) is 4.79 Å². The van der Waals surface area contributed by atoms with Crippen molar-refractivity contribution in [1.82, 2.24) is 10.2 Å². The number of amides is 1. The van der Waals surface area contributed by atoms with Gasteiger partial charge in [-0.15, -0.1) is 12.4 Å². The van der Waals surface area contributed by atoms with Gasteiger partial charge in [-0.3, -0.25) is 0 Å². The lowest BCUT2D eigenvalue weighted by Gasteiger charge is -2.39. The van der Waals surface area contributed by atoms with Crippen molar-refractivity contribution < 1.29 is 9.53 Å². The molecule has 0 radical (unpaired) electrons. The van der Waals surface area contributed by atoms with Crippen molar-refractivity contribution >= 4 is 18.5 Å². The van der Waals surface area contributed by atoms with E-state index in [0.717, 1.165) is 32.4 Å². The summed E-state index contributed by atoms with van der Waals surface area (Å²) in [6, 6.07) is 0.796. The number of nitrogens with one attached hydrogen (secondary N) is 1. The fraction of sp³-hybridized carbons (Fsp3) is 0.929. The van der Waals surface area contributed by atoms with Gasteiger partial charge in [0.05, 0.1) is 6.04 Å². The van der Waals surface area contributed by atoms with Crippen molar-refractivity contribution in [3.8, 4) is 0 Å². The van der Waals surface area contributed by atoms with E-state index in [-0.39, 0.29) is 18.5 Å². The predicted octanol–water partition coefficient (Wildman–Crippen LogP) is 2.95. The molecule has 0 aromatic heterocycles. The van der Waals surface area contributed by atoms with Crippen LogP contribution in [0, 0.1) is 0 Å². The molecule has 2 saturated heterocycles. The van der Waals surface area contributed by atoms with Crippen LogP contribution in [0.25, 0.3) is 0 Å². The summed E-state index contributed by atoms with van der Waals surface area (Å²) in [7, 11) is 0. The highest BCUT2D eigenvalue weighted by molar-refractivity contribution is 5.85. The molecule has 5 heteroatoms. The van der Waals surface area contributed by atoms with Gasteiger partial charge in [0, 0.05) is 12.6 Å². The standard InChI is InChI=1S/C14H26N2O2.ClH/c1-14(2,3)18-13(17)16-10-5-4-7-11-12(16)8-6-9-15-11;/h11-12,15H,4-10H2,1-3H3;1H/t11-,12+;/m0./s1. The zero-order valence-corrected chi connectivity index (χ0v) is 13.1. The van der Waals surface area contributed by atoms with Crippen molar-refractivity contribution in [2.75, 3.05) is 13.1 Å². The van der Waals surface area contributed by atoms with Gasteiger partial charge in [0.25, 0.3) is 0 Å². The van der Waals surface area contributed by atoms with E-state index in [1.807, 2.05) is 25.7 Å². The number of halogens is 1. The first-order chi connectivity index (χ1) is 8.47. The van der Waals surface area contributed by atoms with Crippen LogP contribution in [0.1, 0.15) is 52.9 Å². The maximum atomic E-state index is 12.3. The van der Waals surface area contributed by atoms with E-state index in [2.05, 4.69) is 5.32 Å². The highest BCUT2D eigenvalue weighted by Crippen LogP contribution is 2.25. The molecule has 112 valence electrons. The Labute approximate surface area is 122 Å². The zero-order chi connectivity index (χ0) is 13.2. The molecule has 1 amide bonds. The van der Waals surface area contributed by atoms with Gasteiger partial charge in [0.15, 0.2) is 0 Å². The van der Waals surface area contributed by atoms with Crippen LogP contribution >= 0.6 is 12.4 Å². The summed E-state index contributed by atoms with van der Waals surface area (Å²) < 4.78 is 5.54. The number of hydrogen-bond donors (Lipinski definition) is 1. The summed E-state index contributed by atoms with van der Waals surface area (Å²) in [6.07, 6.45) is 5.60. The maximum Gasteiger partial charge on any atom is 0.410 e. The highest BCUT2D eigenvalue weighted by Gasteiger charge is 2.36. The van der Waals surface area contributed by atoms with Gasteiger partial charge in [-0.1, -0.05) is 6.42 Å². The van der Waals surface area contributed by atoms with Crippen LogP contribution in [0.4, 0.5) is 4.79 Å². The van der Waals surface area contributed by atoms with Crippen LogP contribution in [0.3, 0.4) is 0 Å². The summed E-state index contributed by atoms with van der Waals surface area (Å²) in [5.74, 6) is 0. The second-order valence-electron chi connectivity index (χ2n) is 6.44. The first kappa shape index (κ1) is 16.6. The van der Waals surface area contributed by atoms with E-state index in [1.54, 1.807) is 0 Å². The van der Waals surface area contributed by atoms with Crippen LogP contribution in [0.15, 0.2) is 0 Å². The predicted molar refractivity (Wildman–Crippen MR) is 78.9 cm³/mol. The molecule has 0 spiro atoms. The van der Waals surface area contributed by atoms with Crippen molar-refractivity contribution in [2.24, 2.45) is 0 Å². The molecule has 2 rings (SSSR count). The van der Waals surface area contributed by atoms with Gasteiger partial charge >= 0.3 is 6.09 Å². The van der Waals surface area contributed by atoms with E-state index >= 15 is 0 Å². The first-order valence-corrected chi connectivity index (χ1v) is 7.20. The Bertz CT molecular complexity index is 304. The Kier molecular flexibility index (Phi) is 5.93. The Morgan fingerprint density at radius 2 is 1.95 bits per heavy atom. The lowest BCUT2D eigenvalue weighted by Crippen LogP contribution is -2.55. The van der Waals surface area contributed by atoms with E-state index < -0.39 is 5.60 Å². The SMILES string of the molecule is CC(C)(C)OC(=O)N1CCCC[C@@H]2NCCC[C@H]21.Cl. The zero-order valence-electron chi connectivity index (χ0n) is 12.3. The highest BCUT2D eigenvalue weighted by atomic mass is 35.5. The minimum absolute atomic E-state index is 0. The molecule has 0 bridgehead atoms. The van der Waals surface area contributed by atoms with E-state index in [4.69, 9.17) is 4.74 Å². The molecular formula is C14H27ClN2O2. The number of rotatable bonds is 0. The number of carbonyl (C=O) groups is 1. The van der Waals surface area contributed by atoms with Gasteiger partial charge in [-0.2, -0.15) is 0 Å². The van der Waals surface area contributed by atoms with Crippen molar-refractivity contribution in [3.05, 3.63) is 0 Å². The number of piperidine rings is 1. The Morgan fingerprint density at radius 1 is 1.21 bits per heavy atom. The second-order valence-corrected chi connectivity index (χ2v) is 6.44. The summed E-state index contributed by atoms with van der Waals surface area (Å²) in [6.45, 7) is 7.72. The first-order valence-electron chi connectivity index (χ1n) is 7.20. The number of hydrogen-bond acceptors (Lipinski definition) is 3. The number of fused-ring (bicyclic) bond motifs is 1. The molecule has 19 heavy (non-hydrogen) atoms. The average Bonchev–Trinajstić information content (AvgIpc) is 2.48. The van der Waals surface area contributed by atoms with Gasteiger partial charge in [0.2, 0.25) is 0 Å². The molecule has 0 saturated carbocycles. The molecule has 4 nitrogen and oxygen atoms in total. The maximum absolute atomic E-state index is 12.3. The van der Waals surface area contributed by atoms with Crippen LogP contribution < -0.4 is 5.32 Å². The van der Waals surface area contributed by atoms with Gasteiger partial charge in [-0.05, 0) is 53.0 Å². The number of carbonyl (C=O) groups excluding carboxylic acids is 1. The summed E-state index contributed by atoms with van der Waals surface area (Å²) >= 11 is 0. The van der Waals surface area contributed by atoms with Crippen LogP contribution in [0.5, 0.6) is 0 Å². The molecule has 0 aromatic rings. The molecule has 2 atom stereocenters. The largest absolute Gasteiger partial charge is 0.444 e. The topological polar surface area (TPSA) is 41.6 Å². The number of nitrogens with zero attached hydrogens (tertiary/aromatic N) is 1. The Balaban J connectivity index is 0.00000180. The minimum atomic E-state index is -0.402. The van der Waals surface area contributed by atoms with Crippen molar-refractivity contribution in [1.29, 1.82) is 0 Å². The fourth-order valence-corrected chi connectivity index (χ4v) is 2.96. The number of likely N-dealkylation sites (tertiary alicyclic amines) is 1. The second kappa shape index (κ2) is 6.80. The van der Waals surface area contributed by atoms with Crippen LogP contribution in [0.2, 0.25) is 0 Å². The number of ether oxygens (including phenoxy) is 1. The smallest absolute Gasteiger partial charge is 0.410 e. The quantitative estimate of drug-likeness (QED) is 0.746. The monoisotopic (exact) mass is 290 g/mol. The van der Waals surface area contributed by atoms with Crippen LogP contribution in [-0.4, -0.2) is 41.8 Å². The lowest BCUT2D eigenvalue weighted by molar-refractivity contribution is 0.0106. The molecule has 2 fully saturated rings. The molecule has 2 heterocycles. The molecule has 0 aromatic carbocycles. The van der Waals surface area contributed by atoms with Gasteiger partial charge in [0.1, 0.15) is 5.60 Å². The normalized spacial score (nSPS) is 27.8. The molecular weight excluding hydrogens is 264 g/mol. The van der Waals surface area contributed by atoms with Gasteiger partial charge in [-0.25, -0.2) is 4.79 Å². The third-order valence-electron chi connectivity index (χ3n) is 3.74. The minimum Gasteiger partial charge on any atom is -0.444 e. The molecule has 2 aliphatic heterocycles. The van der Waals surface area contributed by atoms with Crippen molar-refractivity contribution in [2.45, 2.75) is 70.6 Å². The molecule has 1 N–H and O–H groups in total.